The zero-order valence-electron chi connectivity index (χ0n) is 7.09. The maximum Gasteiger partial charge on any atom is 0.762 e. The van der Waals surface area contributed by atoms with Crippen molar-refractivity contribution in [3.8, 4) is 0 Å². The molecule has 0 unspecified atom stereocenters. The van der Waals surface area contributed by atoms with Gasteiger partial charge >= 0.3 is 7.54 Å². The van der Waals surface area contributed by atoms with Crippen LogP contribution in [0, 0.1) is 0 Å². The highest BCUT2D eigenvalue weighted by Gasteiger charge is 2.06. The van der Waals surface area contributed by atoms with Crippen LogP contribution >= 0.6 is 0 Å². The topological polar surface area (TPSA) is 26.0 Å². The Morgan fingerprint density at radius 3 is 1.92 bits per heavy atom. The zero-order valence-corrected chi connectivity index (χ0v) is 7.09. The van der Waals surface area contributed by atoms with Crippen LogP contribution < -0.4 is 5.73 Å². The fraction of sp³-hybridized carbons (Fsp3) is 0.250. The smallest absolute Gasteiger partial charge is 0.330 e. The van der Waals surface area contributed by atoms with Gasteiger partial charge in [0.05, 0.1) is 0 Å². The van der Waals surface area contributed by atoms with E-state index in [2.05, 4.69) is 12.1 Å². The summed E-state index contributed by atoms with van der Waals surface area (Å²) in [4.78, 5) is 0. The van der Waals surface area contributed by atoms with Gasteiger partial charge in [0.1, 0.15) is 0 Å². The van der Waals surface area contributed by atoms with Gasteiger partial charge in [0.2, 0.25) is 0 Å². The maximum atomic E-state index is 9.67. The van der Waals surface area contributed by atoms with Crippen LogP contribution in [0.3, 0.4) is 0 Å². The molecule has 0 fully saturated rings. The van der Waals surface area contributed by atoms with Crippen LogP contribution in [-0.4, -0.2) is 14.1 Å². The minimum atomic E-state index is -3.67. The second-order valence-electron chi connectivity index (χ2n) is 2.27. The van der Waals surface area contributed by atoms with E-state index in [1.807, 2.05) is 18.2 Å². The normalized spacial score (nSPS) is 8.62. The number of rotatable bonds is 2. The van der Waals surface area contributed by atoms with Gasteiger partial charge in [-0.2, -0.15) is 0 Å². The van der Waals surface area contributed by atoms with Crippen molar-refractivity contribution in [1.82, 2.24) is 0 Å². The number of hydrogen-bond acceptors (Lipinski definition) is 1. The van der Waals surface area contributed by atoms with Gasteiger partial charge in [-0.3, -0.25) is 12.9 Å². The summed E-state index contributed by atoms with van der Waals surface area (Å²) >= 11 is 0. The van der Waals surface area contributed by atoms with Gasteiger partial charge in [0.15, 0.2) is 0 Å². The van der Waals surface area contributed by atoms with Crippen LogP contribution in [0.25, 0.3) is 0 Å². The monoisotopic (exact) mass is 189 g/mol. The molecule has 0 atom stereocenters. The van der Waals surface area contributed by atoms with E-state index in [0.29, 0.717) is 0 Å². The predicted molar refractivity (Wildman–Crippen MR) is 48.3 cm³/mol. The van der Waals surface area contributed by atoms with E-state index in [9.17, 15) is 12.9 Å². The standard InChI is InChI=1S/C8H11N.BF3/c9-7-6-8-4-2-1-3-5-8;2-1(3)4/h1-5H,6-7,9H2;. The lowest BCUT2D eigenvalue weighted by Crippen LogP contribution is -2.01. The zero-order chi connectivity index (χ0) is 10.1. The van der Waals surface area contributed by atoms with E-state index >= 15 is 0 Å². The van der Waals surface area contributed by atoms with Gasteiger partial charge in [0.25, 0.3) is 0 Å². The third-order valence-corrected chi connectivity index (χ3v) is 1.28. The quantitative estimate of drug-likeness (QED) is 0.708. The Kier molecular flexibility index (Phi) is 7.10. The van der Waals surface area contributed by atoms with E-state index in [0.717, 1.165) is 13.0 Å². The molecule has 2 N–H and O–H groups in total. The van der Waals surface area contributed by atoms with E-state index in [1.54, 1.807) is 0 Å². The van der Waals surface area contributed by atoms with Gasteiger partial charge in [-0.25, -0.2) is 0 Å². The van der Waals surface area contributed by atoms with E-state index in [1.165, 1.54) is 5.56 Å². The molecular formula is C8H11BF3N. The van der Waals surface area contributed by atoms with Crippen molar-refractivity contribution in [3.05, 3.63) is 35.9 Å². The third kappa shape index (κ3) is 8.95. The molecule has 0 aromatic heterocycles. The molecule has 0 amide bonds. The number of halogens is 3. The first kappa shape index (κ1) is 12.0. The van der Waals surface area contributed by atoms with Crippen LogP contribution in [0.2, 0.25) is 0 Å². The van der Waals surface area contributed by atoms with Gasteiger partial charge in [-0.15, -0.1) is 0 Å². The highest BCUT2D eigenvalue weighted by molar-refractivity contribution is 6.33. The Morgan fingerprint density at radius 1 is 1.08 bits per heavy atom. The first-order chi connectivity index (χ1) is 6.16. The molecule has 0 aliphatic heterocycles. The summed E-state index contributed by atoms with van der Waals surface area (Å²) in [6, 6.07) is 10.3. The van der Waals surface area contributed by atoms with Crippen molar-refractivity contribution in [1.29, 1.82) is 0 Å². The van der Waals surface area contributed by atoms with Gasteiger partial charge in [-0.05, 0) is 18.5 Å². The molecule has 0 heterocycles. The number of nitrogens with two attached hydrogens (primary N) is 1. The number of hydrogen-bond donors (Lipinski definition) is 1. The van der Waals surface area contributed by atoms with Crippen molar-refractivity contribution in [2.24, 2.45) is 5.73 Å². The Bertz CT molecular complexity index is 203. The van der Waals surface area contributed by atoms with Crippen LogP contribution in [0.4, 0.5) is 12.9 Å². The molecule has 0 radical (unpaired) electrons. The summed E-state index contributed by atoms with van der Waals surface area (Å²) in [7, 11) is -3.67. The number of benzene rings is 1. The molecular weight excluding hydrogens is 178 g/mol. The van der Waals surface area contributed by atoms with Crippen LogP contribution in [0.5, 0.6) is 0 Å². The fourth-order valence-corrected chi connectivity index (χ4v) is 0.811. The van der Waals surface area contributed by atoms with Crippen molar-refractivity contribution < 1.29 is 12.9 Å². The Balaban J connectivity index is 0.000000310. The summed E-state index contributed by atoms with van der Waals surface area (Å²) in [5, 5.41) is 0. The van der Waals surface area contributed by atoms with Gasteiger partial charge < -0.3 is 5.73 Å². The van der Waals surface area contributed by atoms with Crippen molar-refractivity contribution in [3.63, 3.8) is 0 Å². The molecule has 0 bridgehead atoms. The van der Waals surface area contributed by atoms with E-state index in [4.69, 9.17) is 5.73 Å². The summed E-state index contributed by atoms with van der Waals surface area (Å²) in [5.74, 6) is 0. The first-order valence-corrected chi connectivity index (χ1v) is 3.83. The Morgan fingerprint density at radius 2 is 1.54 bits per heavy atom. The molecule has 0 spiro atoms. The molecule has 1 aromatic rings. The first-order valence-electron chi connectivity index (χ1n) is 3.83. The largest absolute Gasteiger partial charge is 0.762 e. The molecule has 0 saturated heterocycles. The molecule has 13 heavy (non-hydrogen) atoms. The van der Waals surface area contributed by atoms with Crippen LogP contribution in [0.1, 0.15) is 5.56 Å². The lowest BCUT2D eigenvalue weighted by Gasteiger charge is -1.93. The SMILES string of the molecule is FB(F)F.NCCc1ccccc1. The molecule has 1 aromatic carbocycles. The molecule has 5 heteroatoms. The van der Waals surface area contributed by atoms with Gasteiger partial charge in [-0.1, -0.05) is 30.3 Å². The second-order valence-corrected chi connectivity index (χ2v) is 2.27. The molecule has 0 saturated carbocycles. The predicted octanol–water partition coefficient (Wildman–Crippen LogP) is 2.07. The summed E-state index contributed by atoms with van der Waals surface area (Å²) in [6.07, 6.45) is 0.987. The molecule has 72 valence electrons. The van der Waals surface area contributed by atoms with Gasteiger partial charge in [0, 0.05) is 0 Å². The summed E-state index contributed by atoms with van der Waals surface area (Å²) in [5.41, 5.74) is 6.68. The lowest BCUT2D eigenvalue weighted by atomic mass is 10.2. The highest BCUT2D eigenvalue weighted by atomic mass is 19.4. The Hall–Kier alpha value is -0.965. The van der Waals surface area contributed by atoms with E-state index < -0.39 is 7.54 Å². The minimum Gasteiger partial charge on any atom is -0.330 e. The average Bonchev–Trinajstić information content (AvgIpc) is 2.06. The lowest BCUT2D eigenvalue weighted by molar-refractivity contribution is 0.535. The summed E-state index contributed by atoms with van der Waals surface area (Å²) in [6.45, 7) is 0.740. The molecule has 1 nitrogen and oxygen atoms in total. The van der Waals surface area contributed by atoms with Crippen LogP contribution in [-0.2, 0) is 6.42 Å². The Labute approximate surface area is 76.0 Å². The maximum absolute atomic E-state index is 9.67. The van der Waals surface area contributed by atoms with Crippen molar-refractivity contribution >= 4 is 7.54 Å². The minimum absolute atomic E-state index is 0.740. The highest BCUT2D eigenvalue weighted by Crippen LogP contribution is 1.96. The molecule has 1 rings (SSSR count). The fourth-order valence-electron chi connectivity index (χ4n) is 0.811. The van der Waals surface area contributed by atoms with E-state index in [-0.39, 0.29) is 0 Å². The second kappa shape index (κ2) is 7.67. The van der Waals surface area contributed by atoms with Crippen LogP contribution in [0.15, 0.2) is 30.3 Å². The molecule has 0 aliphatic carbocycles. The third-order valence-electron chi connectivity index (χ3n) is 1.28. The van der Waals surface area contributed by atoms with Crippen molar-refractivity contribution in [2.75, 3.05) is 6.54 Å². The summed E-state index contributed by atoms with van der Waals surface area (Å²) < 4.78 is 29.0. The van der Waals surface area contributed by atoms with Crippen molar-refractivity contribution in [2.45, 2.75) is 6.42 Å². The molecule has 0 aliphatic rings. The average molecular weight is 189 g/mol.